The van der Waals surface area contributed by atoms with Crippen LogP contribution in [-0.2, 0) is 4.74 Å². The molecular formula is C15H20BrNO2. The summed E-state index contributed by atoms with van der Waals surface area (Å²) in [4.78, 5) is 14.4. The molecule has 0 spiro atoms. The lowest BCUT2D eigenvalue weighted by molar-refractivity contribution is 0.0146. The van der Waals surface area contributed by atoms with Crippen LogP contribution in [0.1, 0.15) is 35.7 Å². The van der Waals surface area contributed by atoms with Gasteiger partial charge in [-0.15, -0.1) is 0 Å². The molecule has 1 heterocycles. The van der Waals surface area contributed by atoms with Crippen molar-refractivity contribution in [3.8, 4) is 0 Å². The van der Waals surface area contributed by atoms with Crippen molar-refractivity contribution in [2.24, 2.45) is 0 Å². The van der Waals surface area contributed by atoms with Gasteiger partial charge < -0.3 is 9.64 Å². The summed E-state index contributed by atoms with van der Waals surface area (Å²) in [5.74, 6) is 0.133. The Bertz CT molecular complexity index is 453. The fraction of sp³-hybridized carbons (Fsp3) is 0.533. The number of piperidine rings is 1. The van der Waals surface area contributed by atoms with Crippen LogP contribution in [0.2, 0.25) is 0 Å². The minimum Gasteiger partial charge on any atom is -0.378 e. The van der Waals surface area contributed by atoms with Crippen molar-refractivity contribution in [2.75, 3.05) is 19.7 Å². The van der Waals surface area contributed by atoms with Gasteiger partial charge in [0.05, 0.1) is 6.10 Å². The van der Waals surface area contributed by atoms with E-state index in [1.165, 1.54) is 0 Å². The molecule has 1 saturated heterocycles. The molecule has 1 aliphatic rings. The van der Waals surface area contributed by atoms with Crippen LogP contribution in [0.15, 0.2) is 22.7 Å². The van der Waals surface area contributed by atoms with Crippen molar-refractivity contribution in [3.63, 3.8) is 0 Å². The Morgan fingerprint density at radius 1 is 1.42 bits per heavy atom. The molecule has 1 amide bonds. The van der Waals surface area contributed by atoms with Crippen LogP contribution in [0.3, 0.4) is 0 Å². The van der Waals surface area contributed by atoms with Crippen molar-refractivity contribution in [1.82, 2.24) is 4.90 Å². The van der Waals surface area contributed by atoms with E-state index in [0.717, 1.165) is 48.1 Å². The quantitative estimate of drug-likeness (QED) is 0.852. The smallest absolute Gasteiger partial charge is 0.254 e. The predicted octanol–water partition coefficient (Wildman–Crippen LogP) is 3.40. The van der Waals surface area contributed by atoms with Gasteiger partial charge in [-0.3, -0.25) is 4.79 Å². The lowest BCUT2D eigenvalue weighted by Crippen LogP contribution is -2.41. The van der Waals surface area contributed by atoms with Crippen LogP contribution in [0.5, 0.6) is 0 Å². The number of hydrogen-bond acceptors (Lipinski definition) is 2. The molecule has 19 heavy (non-hydrogen) atoms. The first-order valence-electron chi connectivity index (χ1n) is 6.79. The number of carbonyl (C=O) groups is 1. The molecule has 0 radical (unpaired) electrons. The first kappa shape index (κ1) is 14.5. The lowest BCUT2D eigenvalue weighted by Gasteiger charge is -2.32. The van der Waals surface area contributed by atoms with E-state index in [0.29, 0.717) is 6.10 Å². The van der Waals surface area contributed by atoms with Gasteiger partial charge in [-0.25, -0.2) is 0 Å². The van der Waals surface area contributed by atoms with Gasteiger partial charge in [-0.05, 0) is 44.4 Å². The molecule has 104 valence electrons. The van der Waals surface area contributed by atoms with Crippen LogP contribution in [-0.4, -0.2) is 36.6 Å². The first-order chi connectivity index (χ1) is 9.13. The van der Waals surface area contributed by atoms with Crippen molar-refractivity contribution in [1.29, 1.82) is 0 Å². The van der Waals surface area contributed by atoms with Crippen LogP contribution in [0.4, 0.5) is 0 Å². The Kier molecular flexibility index (Phi) is 4.99. The van der Waals surface area contributed by atoms with Crippen LogP contribution in [0.25, 0.3) is 0 Å². The Balaban J connectivity index is 2.03. The molecule has 0 unspecified atom stereocenters. The zero-order valence-corrected chi connectivity index (χ0v) is 13.1. The summed E-state index contributed by atoms with van der Waals surface area (Å²) >= 11 is 3.48. The molecule has 0 aliphatic carbocycles. The summed E-state index contributed by atoms with van der Waals surface area (Å²) in [6, 6.07) is 5.78. The molecule has 0 bridgehead atoms. The maximum atomic E-state index is 12.5. The van der Waals surface area contributed by atoms with E-state index in [-0.39, 0.29) is 5.91 Å². The highest BCUT2D eigenvalue weighted by Gasteiger charge is 2.24. The fourth-order valence-corrected chi connectivity index (χ4v) is 2.84. The van der Waals surface area contributed by atoms with Crippen molar-refractivity contribution in [3.05, 3.63) is 33.8 Å². The van der Waals surface area contributed by atoms with Gasteiger partial charge in [-0.2, -0.15) is 0 Å². The highest BCUT2D eigenvalue weighted by atomic mass is 79.9. The van der Waals surface area contributed by atoms with E-state index in [4.69, 9.17) is 4.74 Å². The highest BCUT2D eigenvalue weighted by molar-refractivity contribution is 9.10. The molecular weight excluding hydrogens is 306 g/mol. The Labute approximate surface area is 123 Å². The minimum atomic E-state index is 0.133. The summed E-state index contributed by atoms with van der Waals surface area (Å²) in [5.41, 5.74) is 1.81. The average Bonchev–Trinajstić information content (AvgIpc) is 2.42. The van der Waals surface area contributed by atoms with Gasteiger partial charge >= 0.3 is 0 Å². The van der Waals surface area contributed by atoms with Gasteiger partial charge in [0.25, 0.3) is 5.91 Å². The van der Waals surface area contributed by atoms with E-state index >= 15 is 0 Å². The minimum absolute atomic E-state index is 0.133. The fourth-order valence-electron chi connectivity index (χ4n) is 2.47. The Hall–Kier alpha value is -0.870. The van der Waals surface area contributed by atoms with Crippen LogP contribution >= 0.6 is 15.9 Å². The van der Waals surface area contributed by atoms with Gasteiger partial charge in [0.1, 0.15) is 0 Å². The van der Waals surface area contributed by atoms with Crippen LogP contribution < -0.4 is 0 Å². The number of benzene rings is 1. The van der Waals surface area contributed by atoms with Gasteiger partial charge in [0.15, 0.2) is 0 Å². The summed E-state index contributed by atoms with van der Waals surface area (Å²) in [6.07, 6.45) is 2.19. The zero-order valence-electron chi connectivity index (χ0n) is 11.5. The summed E-state index contributed by atoms with van der Waals surface area (Å²) < 4.78 is 6.60. The van der Waals surface area contributed by atoms with Gasteiger partial charge in [0.2, 0.25) is 0 Å². The molecule has 1 aliphatic heterocycles. The van der Waals surface area contributed by atoms with E-state index in [1.807, 2.05) is 36.9 Å². The lowest BCUT2D eigenvalue weighted by atomic mass is 10.0. The second-order valence-electron chi connectivity index (χ2n) is 4.86. The SMILES string of the molecule is CCOC1CCN(C(=O)c2cccc(Br)c2C)CC1. The molecule has 0 atom stereocenters. The largest absolute Gasteiger partial charge is 0.378 e. The van der Waals surface area contributed by atoms with E-state index in [2.05, 4.69) is 15.9 Å². The normalized spacial score (nSPS) is 16.7. The monoisotopic (exact) mass is 325 g/mol. The molecule has 1 aromatic rings. The predicted molar refractivity (Wildman–Crippen MR) is 79.4 cm³/mol. The number of likely N-dealkylation sites (tertiary alicyclic amines) is 1. The number of amides is 1. The van der Waals surface area contributed by atoms with E-state index < -0.39 is 0 Å². The van der Waals surface area contributed by atoms with Gasteiger partial charge in [0, 0.05) is 29.7 Å². The second-order valence-corrected chi connectivity index (χ2v) is 5.71. The average molecular weight is 326 g/mol. The highest BCUT2D eigenvalue weighted by Crippen LogP contribution is 2.22. The number of halogens is 1. The van der Waals surface area contributed by atoms with Crippen molar-refractivity contribution >= 4 is 21.8 Å². The molecule has 2 rings (SSSR count). The number of hydrogen-bond donors (Lipinski definition) is 0. The maximum Gasteiger partial charge on any atom is 0.254 e. The van der Waals surface area contributed by atoms with Crippen molar-refractivity contribution < 1.29 is 9.53 Å². The standard InChI is InChI=1S/C15H20BrNO2/c1-3-19-12-7-9-17(10-8-12)15(18)13-5-4-6-14(16)11(13)2/h4-6,12H,3,7-10H2,1-2H3. The van der Waals surface area contributed by atoms with Gasteiger partial charge in [-0.1, -0.05) is 22.0 Å². The molecule has 1 fully saturated rings. The number of carbonyl (C=O) groups excluding carboxylic acids is 1. The van der Waals surface area contributed by atoms with E-state index in [9.17, 15) is 4.79 Å². The summed E-state index contributed by atoms with van der Waals surface area (Å²) in [7, 11) is 0. The molecule has 0 N–H and O–H groups in total. The molecule has 4 heteroatoms. The Morgan fingerprint density at radius 2 is 2.11 bits per heavy atom. The first-order valence-corrected chi connectivity index (χ1v) is 7.58. The Morgan fingerprint density at radius 3 is 2.74 bits per heavy atom. The number of rotatable bonds is 3. The third-order valence-electron chi connectivity index (χ3n) is 3.63. The number of nitrogens with zero attached hydrogens (tertiary/aromatic N) is 1. The second kappa shape index (κ2) is 6.53. The summed E-state index contributed by atoms with van der Waals surface area (Å²) in [5, 5.41) is 0. The zero-order chi connectivity index (χ0) is 13.8. The third kappa shape index (κ3) is 3.37. The van der Waals surface area contributed by atoms with E-state index in [1.54, 1.807) is 0 Å². The molecule has 0 aromatic heterocycles. The third-order valence-corrected chi connectivity index (χ3v) is 4.49. The number of ether oxygens (including phenoxy) is 1. The molecule has 0 saturated carbocycles. The van der Waals surface area contributed by atoms with Crippen molar-refractivity contribution in [2.45, 2.75) is 32.8 Å². The maximum absolute atomic E-state index is 12.5. The molecule has 1 aromatic carbocycles. The van der Waals surface area contributed by atoms with Crippen LogP contribution in [0, 0.1) is 6.92 Å². The summed E-state index contributed by atoms with van der Waals surface area (Å²) in [6.45, 7) is 6.32. The topological polar surface area (TPSA) is 29.5 Å². The molecule has 3 nitrogen and oxygen atoms in total.